The van der Waals surface area contributed by atoms with Crippen molar-refractivity contribution in [2.75, 3.05) is 4.90 Å². The van der Waals surface area contributed by atoms with Gasteiger partial charge in [0.2, 0.25) is 0 Å². The molecule has 0 unspecified atom stereocenters. The molecule has 0 bridgehead atoms. The van der Waals surface area contributed by atoms with Gasteiger partial charge >= 0.3 is 5.97 Å². The molecule has 130 valence electrons. The van der Waals surface area contributed by atoms with Crippen LogP contribution in [0.5, 0.6) is 11.5 Å². The van der Waals surface area contributed by atoms with Crippen molar-refractivity contribution >= 4 is 23.3 Å². The van der Waals surface area contributed by atoms with E-state index >= 15 is 0 Å². The van der Waals surface area contributed by atoms with Crippen molar-refractivity contribution in [1.82, 2.24) is 0 Å². The third-order valence-electron chi connectivity index (χ3n) is 3.83. The molecular weight excluding hydrogens is 334 g/mol. The summed E-state index contributed by atoms with van der Waals surface area (Å²) in [7, 11) is 0. The van der Waals surface area contributed by atoms with Gasteiger partial charge in [-0.3, -0.25) is 9.69 Å². The van der Waals surface area contributed by atoms with Gasteiger partial charge in [-0.25, -0.2) is 4.79 Å². The maximum atomic E-state index is 13.1. The number of aromatic carboxylic acids is 1. The third-order valence-corrected chi connectivity index (χ3v) is 3.83. The average Bonchev–Trinajstić information content (AvgIpc) is 2.65. The lowest BCUT2D eigenvalue weighted by atomic mass is 10.1. The van der Waals surface area contributed by atoms with Gasteiger partial charge in [-0.1, -0.05) is 24.3 Å². The average molecular weight is 349 g/mol. The van der Waals surface area contributed by atoms with Gasteiger partial charge in [0.15, 0.2) is 0 Å². The number of para-hydroxylation sites is 4. The summed E-state index contributed by atoms with van der Waals surface area (Å²) in [6.07, 6.45) is 0. The first-order valence-electron chi connectivity index (χ1n) is 7.73. The monoisotopic (exact) mass is 349 g/mol. The van der Waals surface area contributed by atoms with E-state index in [0.29, 0.717) is 0 Å². The fourth-order valence-electron chi connectivity index (χ4n) is 2.54. The Labute approximate surface area is 149 Å². The van der Waals surface area contributed by atoms with Gasteiger partial charge in [0.25, 0.3) is 5.91 Å². The largest absolute Gasteiger partial charge is 0.506 e. The van der Waals surface area contributed by atoms with Gasteiger partial charge < -0.3 is 15.3 Å². The van der Waals surface area contributed by atoms with Crippen molar-refractivity contribution in [3.05, 3.63) is 83.9 Å². The maximum absolute atomic E-state index is 13.1. The minimum atomic E-state index is -1.10. The van der Waals surface area contributed by atoms with Crippen LogP contribution in [0.1, 0.15) is 20.7 Å². The minimum absolute atomic E-state index is 0.0539. The molecule has 0 aliphatic rings. The first kappa shape index (κ1) is 17.0. The second-order valence-electron chi connectivity index (χ2n) is 5.50. The number of anilines is 2. The van der Waals surface area contributed by atoms with Crippen LogP contribution < -0.4 is 4.90 Å². The first-order chi connectivity index (χ1) is 12.5. The zero-order valence-corrected chi connectivity index (χ0v) is 13.5. The molecule has 0 heterocycles. The van der Waals surface area contributed by atoms with E-state index in [2.05, 4.69) is 0 Å². The number of aromatic hydroxyl groups is 2. The fourth-order valence-corrected chi connectivity index (χ4v) is 2.54. The number of hydrogen-bond donors (Lipinski definition) is 3. The number of carboxylic acid groups (broad SMARTS) is 1. The molecule has 3 rings (SSSR count). The molecule has 6 nitrogen and oxygen atoms in total. The molecule has 3 aromatic carbocycles. The second-order valence-corrected chi connectivity index (χ2v) is 5.50. The predicted molar refractivity (Wildman–Crippen MR) is 96.1 cm³/mol. The van der Waals surface area contributed by atoms with E-state index in [1.807, 2.05) is 0 Å². The lowest BCUT2D eigenvalue weighted by molar-refractivity contribution is 0.0696. The third kappa shape index (κ3) is 3.21. The Hall–Kier alpha value is -3.80. The molecule has 0 spiro atoms. The molecule has 0 saturated heterocycles. The summed E-state index contributed by atoms with van der Waals surface area (Å²) in [4.78, 5) is 25.3. The number of carbonyl (C=O) groups excluding carboxylic acids is 1. The summed E-state index contributed by atoms with van der Waals surface area (Å²) >= 11 is 0. The highest BCUT2D eigenvalue weighted by molar-refractivity contribution is 6.12. The van der Waals surface area contributed by atoms with Crippen LogP contribution in [0.2, 0.25) is 0 Å². The summed E-state index contributed by atoms with van der Waals surface area (Å²) < 4.78 is 0. The molecule has 0 saturated carbocycles. The fraction of sp³-hybridized carbons (Fsp3) is 0. The number of benzene rings is 3. The zero-order valence-electron chi connectivity index (χ0n) is 13.5. The predicted octanol–water partition coefficient (Wildman–Crippen LogP) is 3.77. The number of amides is 1. The molecule has 0 atom stereocenters. The van der Waals surface area contributed by atoms with Crippen molar-refractivity contribution in [2.45, 2.75) is 0 Å². The standard InChI is InChI=1S/C20H15NO5/c22-17-7-3-1-5-15(17)21(16-6-2-4-8-18(16)23)19(24)13-9-11-14(12-10-13)20(25)26/h1-12,22-23H,(H,25,26). The van der Waals surface area contributed by atoms with Crippen molar-refractivity contribution < 1.29 is 24.9 Å². The van der Waals surface area contributed by atoms with Gasteiger partial charge in [0.05, 0.1) is 16.9 Å². The normalized spacial score (nSPS) is 10.3. The van der Waals surface area contributed by atoms with Gasteiger partial charge in [0, 0.05) is 5.56 Å². The number of carboxylic acids is 1. The highest BCUT2D eigenvalue weighted by atomic mass is 16.4. The quantitative estimate of drug-likeness (QED) is 0.666. The van der Waals surface area contributed by atoms with Crippen LogP contribution in [0.25, 0.3) is 0 Å². The Morgan fingerprint density at radius 1 is 0.654 bits per heavy atom. The van der Waals surface area contributed by atoms with Crippen LogP contribution in [-0.4, -0.2) is 27.2 Å². The van der Waals surface area contributed by atoms with E-state index < -0.39 is 11.9 Å². The Kier molecular flexibility index (Phi) is 4.57. The zero-order chi connectivity index (χ0) is 18.7. The summed E-state index contributed by atoms with van der Waals surface area (Å²) in [6.45, 7) is 0. The summed E-state index contributed by atoms with van der Waals surface area (Å²) in [5, 5.41) is 29.4. The van der Waals surface area contributed by atoms with Crippen molar-refractivity contribution in [3.8, 4) is 11.5 Å². The van der Waals surface area contributed by atoms with Crippen molar-refractivity contribution in [1.29, 1.82) is 0 Å². The number of phenolic OH excluding ortho intramolecular Hbond substituents is 2. The first-order valence-corrected chi connectivity index (χ1v) is 7.73. The van der Waals surface area contributed by atoms with E-state index in [9.17, 15) is 19.8 Å². The molecule has 3 aromatic rings. The van der Waals surface area contributed by atoms with Crippen LogP contribution >= 0.6 is 0 Å². The summed E-state index contributed by atoms with van der Waals surface area (Å²) in [5.41, 5.74) is 0.655. The summed E-state index contributed by atoms with van der Waals surface area (Å²) in [5.74, 6) is -1.88. The molecule has 0 aliphatic heterocycles. The van der Waals surface area contributed by atoms with E-state index in [-0.39, 0.29) is 34.0 Å². The van der Waals surface area contributed by atoms with Crippen LogP contribution in [0.4, 0.5) is 11.4 Å². The van der Waals surface area contributed by atoms with Gasteiger partial charge in [0.1, 0.15) is 11.5 Å². The topological polar surface area (TPSA) is 98.1 Å². The SMILES string of the molecule is O=C(O)c1ccc(C(=O)N(c2ccccc2O)c2ccccc2O)cc1. The number of nitrogens with zero attached hydrogens (tertiary/aromatic N) is 1. The Morgan fingerprint density at radius 3 is 1.50 bits per heavy atom. The van der Waals surface area contributed by atoms with Gasteiger partial charge in [-0.05, 0) is 48.5 Å². The highest BCUT2D eigenvalue weighted by Crippen LogP contribution is 2.38. The number of phenols is 2. The van der Waals surface area contributed by atoms with Gasteiger partial charge in [-0.15, -0.1) is 0 Å². The molecule has 1 amide bonds. The number of rotatable bonds is 4. The van der Waals surface area contributed by atoms with E-state index in [1.165, 1.54) is 41.3 Å². The molecule has 26 heavy (non-hydrogen) atoms. The van der Waals surface area contributed by atoms with Crippen LogP contribution in [0.3, 0.4) is 0 Å². The van der Waals surface area contributed by atoms with E-state index in [0.717, 1.165) is 0 Å². The number of carbonyl (C=O) groups is 2. The van der Waals surface area contributed by atoms with Crippen molar-refractivity contribution in [2.24, 2.45) is 0 Å². The van der Waals surface area contributed by atoms with E-state index in [4.69, 9.17) is 5.11 Å². The lowest BCUT2D eigenvalue weighted by Gasteiger charge is -2.24. The molecular formula is C20H15NO5. The Bertz CT molecular complexity index is 920. The van der Waals surface area contributed by atoms with E-state index in [1.54, 1.807) is 36.4 Å². The molecule has 0 fully saturated rings. The van der Waals surface area contributed by atoms with Crippen LogP contribution in [0.15, 0.2) is 72.8 Å². The highest BCUT2D eigenvalue weighted by Gasteiger charge is 2.24. The van der Waals surface area contributed by atoms with Crippen molar-refractivity contribution in [3.63, 3.8) is 0 Å². The molecule has 0 aromatic heterocycles. The minimum Gasteiger partial charge on any atom is -0.506 e. The van der Waals surface area contributed by atoms with Crippen LogP contribution in [0, 0.1) is 0 Å². The maximum Gasteiger partial charge on any atom is 0.335 e. The number of hydrogen-bond acceptors (Lipinski definition) is 4. The molecule has 3 N–H and O–H groups in total. The smallest absolute Gasteiger partial charge is 0.335 e. The summed E-state index contributed by atoms with van der Waals surface area (Å²) in [6, 6.07) is 17.9. The molecule has 0 aliphatic carbocycles. The second kappa shape index (κ2) is 6.98. The molecule has 6 heteroatoms. The van der Waals surface area contributed by atoms with Gasteiger partial charge in [-0.2, -0.15) is 0 Å². The van der Waals surface area contributed by atoms with Crippen LogP contribution in [-0.2, 0) is 0 Å². The Morgan fingerprint density at radius 2 is 1.08 bits per heavy atom. The molecule has 0 radical (unpaired) electrons. The Balaban J connectivity index is 2.12. The lowest BCUT2D eigenvalue weighted by Crippen LogP contribution is -2.26.